The predicted octanol–water partition coefficient (Wildman–Crippen LogP) is 2.42. The number of hydrogen-bond acceptors (Lipinski definition) is 3. The van der Waals surface area contributed by atoms with Gasteiger partial charge < -0.3 is 10.4 Å². The average Bonchev–Trinajstić information content (AvgIpc) is 2.78. The maximum absolute atomic E-state index is 12.4. The second kappa shape index (κ2) is 8.48. The Morgan fingerprint density at radius 1 is 1.35 bits per heavy atom. The van der Waals surface area contributed by atoms with Crippen LogP contribution in [0.3, 0.4) is 0 Å². The van der Waals surface area contributed by atoms with E-state index in [1.54, 1.807) is 0 Å². The minimum Gasteiger partial charge on any atom is -0.396 e. The normalized spacial score (nSPS) is 17.2. The molecule has 5 heteroatoms. The summed E-state index contributed by atoms with van der Waals surface area (Å²) in [5.41, 5.74) is 3.32. The molecular formula is C18H31N3O2. The van der Waals surface area contributed by atoms with Crippen LogP contribution in [0.1, 0.15) is 61.9 Å². The van der Waals surface area contributed by atoms with E-state index in [2.05, 4.69) is 10.4 Å². The molecule has 1 aromatic rings. The van der Waals surface area contributed by atoms with Crippen molar-refractivity contribution in [1.29, 1.82) is 0 Å². The molecule has 0 bridgehead atoms. The van der Waals surface area contributed by atoms with Crippen LogP contribution >= 0.6 is 0 Å². The van der Waals surface area contributed by atoms with E-state index in [9.17, 15) is 9.90 Å². The Kier molecular flexibility index (Phi) is 6.63. The van der Waals surface area contributed by atoms with Crippen LogP contribution in [0.5, 0.6) is 0 Å². The maximum atomic E-state index is 12.4. The Morgan fingerprint density at radius 3 is 2.61 bits per heavy atom. The van der Waals surface area contributed by atoms with Crippen LogP contribution in [0.25, 0.3) is 0 Å². The largest absolute Gasteiger partial charge is 0.396 e. The van der Waals surface area contributed by atoms with Crippen molar-refractivity contribution in [2.45, 2.75) is 71.3 Å². The summed E-state index contributed by atoms with van der Waals surface area (Å²) in [5.74, 6) is 0.624. The Morgan fingerprint density at radius 2 is 2.04 bits per heavy atom. The fraction of sp³-hybridized carbons (Fsp3) is 0.778. The Hall–Kier alpha value is -1.36. The van der Waals surface area contributed by atoms with Crippen LogP contribution in [0.4, 0.5) is 0 Å². The molecule has 1 fully saturated rings. The van der Waals surface area contributed by atoms with E-state index in [1.807, 2.05) is 25.6 Å². The summed E-state index contributed by atoms with van der Waals surface area (Å²) < 4.78 is 1.87. The van der Waals surface area contributed by atoms with Crippen LogP contribution in [0.2, 0.25) is 0 Å². The molecule has 1 amide bonds. The Labute approximate surface area is 139 Å². The van der Waals surface area contributed by atoms with Gasteiger partial charge in [-0.2, -0.15) is 5.10 Å². The molecule has 1 aromatic heterocycles. The fourth-order valence-electron chi connectivity index (χ4n) is 3.80. The molecule has 0 radical (unpaired) electrons. The first-order chi connectivity index (χ1) is 11.0. The van der Waals surface area contributed by atoms with Crippen molar-refractivity contribution >= 4 is 5.91 Å². The van der Waals surface area contributed by atoms with Gasteiger partial charge in [0.15, 0.2) is 0 Å². The quantitative estimate of drug-likeness (QED) is 0.810. The maximum Gasteiger partial charge on any atom is 0.220 e. The van der Waals surface area contributed by atoms with Crippen molar-refractivity contribution in [2.75, 3.05) is 6.61 Å². The van der Waals surface area contributed by atoms with E-state index < -0.39 is 0 Å². The molecule has 1 unspecified atom stereocenters. The highest BCUT2D eigenvalue weighted by Crippen LogP contribution is 2.27. The van der Waals surface area contributed by atoms with Crippen LogP contribution in [0.15, 0.2) is 0 Å². The van der Waals surface area contributed by atoms with Gasteiger partial charge in [-0.25, -0.2) is 0 Å². The molecule has 130 valence electrons. The predicted molar refractivity (Wildman–Crippen MR) is 91.2 cm³/mol. The summed E-state index contributed by atoms with van der Waals surface area (Å²) in [6.45, 7) is 4.18. The van der Waals surface area contributed by atoms with Crippen molar-refractivity contribution in [3.63, 3.8) is 0 Å². The van der Waals surface area contributed by atoms with Crippen LogP contribution in [-0.4, -0.2) is 33.4 Å². The highest BCUT2D eigenvalue weighted by Gasteiger charge is 2.24. The second-order valence-corrected chi connectivity index (χ2v) is 6.86. The third-order valence-corrected chi connectivity index (χ3v) is 5.27. The van der Waals surface area contributed by atoms with Crippen molar-refractivity contribution < 1.29 is 9.90 Å². The highest BCUT2D eigenvalue weighted by molar-refractivity contribution is 5.76. The van der Waals surface area contributed by atoms with Crippen molar-refractivity contribution in [3.8, 4) is 0 Å². The van der Waals surface area contributed by atoms with E-state index in [1.165, 1.54) is 37.7 Å². The molecule has 1 aliphatic rings. The van der Waals surface area contributed by atoms with Crippen molar-refractivity contribution in [2.24, 2.45) is 13.0 Å². The molecule has 23 heavy (non-hydrogen) atoms. The molecule has 1 heterocycles. The number of aliphatic hydroxyl groups is 1. The van der Waals surface area contributed by atoms with E-state index in [0.717, 1.165) is 17.8 Å². The molecule has 2 rings (SSSR count). The zero-order valence-electron chi connectivity index (χ0n) is 14.8. The number of hydrogen-bond donors (Lipinski definition) is 2. The van der Waals surface area contributed by atoms with E-state index in [4.69, 9.17) is 0 Å². The van der Waals surface area contributed by atoms with Gasteiger partial charge in [0, 0.05) is 31.8 Å². The molecule has 1 aliphatic carbocycles. The third kappa shape index (κ3) is 4.80. The molecular weight excluding hydrogens is 290 g/mol. The van der Waals surface area contributed by atoms with Gasteiger partial charge in [-0.1, -0.05) is 19.3 Å². The van der Waals surface area contributed by atoms with Crippen LogP contribution in [0, 0.1) is 19.8 Å². The smallest absolute Gasteiger partial charge is 0.220 e. The number of aryl methyl sites for hydroxylation is 2. The number of aliphatic hydroxyl groups excluding tert-OH is 1. The summed E-state index contributed by atoms with van der Waals surface area (Å²) in [7, 11) is 1.94. The summed E-state index contributed by atoms with van der Waals surface area (Å²) in [5, 5.41) is 16.9. The van der Waals surface area contributed by atoms with Gasteiger partial charge in [-0.05, 0) is 51.0 Å². The van der Waals surface area contributed by atoms with Gasteiger partial charge in [0.05, 0.1) is 5.69 Å². The zero-order chi connectivity index (χ0) is 16.8. The van der Waals surface area contributed by atoms with E-state index >= 15 is 0 Å². The van der Waals surface area contributed by atoms with Crippen molar-refractivity contribution in [1.82, 2.24) is 15.1 Å². The number of nitrogens with one attached hydrogen (secondary N) is 1. The van der Waals surface area contributed by atoms with Gasteiger partial charge in [0.2, 0.25) is 5.91 Å². The number of carbonyl (C=O) groups excluding carboxylic acids is 1. The third-order valence-electron chi connectivity index (χ3n) is 5.27. The molecule has 0 saturated heterocycles. The lowest BCUT2D eigenvalue weighted by Crippen LogP contribution is -2.41. The lowest BCUT2D eigenvalue weighted by Gasteiger charge is -2.30. The summed E-state index contributed by atoms with van der Waals surface area (Å²) in [6, 6.07) is 0.129. The Bertz CT molecular complexity index is 519. The molecule has 0 aliphatic heterocycles. The number of amides is 1. The first kappa shape index (κ1) is 18.0. The van der Waals surface area contributed by atoms with Crippen LogP contribution < -0.4 is 5.32 Å². The highest BCUT2D eigenvalue weighted by atomic mass is 16.3. The number of aromatic nitrogens is 2. The zero-order valence-corrected chi connectivity index (χ0v) is 14.8. The molecule has 0 spiro atoms. The monoisotopic (exact) mass is 321 g/mol. The van der Waals surface area contributed by atoms with Gasteiger partial charge in [0.25, 0.3) is 0 Å². The molecule has 0 aromatic carbocycles. The van der Waals surface area contributed by atoms with Gasteiger partial charge in [-0.15, -0.1) is 0 Å². The van der Waals surface area contributed by atoms with E-state index in [0.29, 0.717) is 18.8 Å². The van der Waals surface area contributed by atoms with Gasteiger partial charge in [-0.3, -0.25) is 9.48 Å². The Balaban J connectivity index is 1.88. The average molecular weight is 321 g/mol. The molecule has 1 atom stereocenters. The fourth-order valence-corrected chi connectivity index (χ4v) is 3.80. The molecule has 1 saturated carbocycles. The number of carbonyl (C=O) groups is 1. The SMILES string of the molecule is Cc1nn(C)c(C)c1CCC(=O)NC(CCO)C1CCCCC1. The topological polar surface area (TPSA) is 67.2 Å². The summed E-state index contributed by atoms with van der Waals surface area (Å²) in [4.78, 5) is 12.4. The minimum atomic E-state index is 0.0941. The summed E-state index contributed by atoms with van der Waals surface area (Å²) in [6.07, 6.45) is 8.03. The van der Waals surface area contributed by atoms with Crippen molar-refractivity contribution in [3.05, 3.63) is 17.0 Å². The lowest BCUT2D eigenvalue weighted by molar-refractivity contribution is -0.122. The second-order valence-electron chi connectivity index (χ2n) is 6.86. The first-order valence-corrected chi connectivity index (χ1v) is 8.92. The summed E-state index contributed by atoms with van der Waals surface area (Å²) >= 11 is 0. The molecule has 2 N–H and O–H groups in total. The molecule has 5 nitrogen and oxygen atoms in total. The minimum absolute atomic E-state index is 0.0941. The number of rotatable bonds is 7. The van der Waals surface area contributed by atoms with E-state index in [-0.39, 0.29) is 18.6 Å². The standard InChI is InChI=1S/C18H31N3O2/c1-13-16(14(2)21(3)20-13)9-10-18(23)19-17(11-12-22)15-7-5-4-6-8-15/h15,17,22H,4-12H2,1-3H3,(H,19,23). The lowest BCUT2D eigenvalue weighted by atomic mass is 9.82. The van der Waals surface area contributed by atoms with Gasteiger partial charge in [0.1, 0.15) is 0 Å². The van der Waals surface area contributed by atoms with Crippen LogP contribution in [-0.2, 0) is 18.3 Å². The number of nitrogens with zero attached hydrogens (tertiary/aromatic N) is 2. The first-order valence-electron chi connectivity index (χ1n) is 8.92. The van der Waals surface area contributed by atoms with Gasteiger partial charge >= 0.3 is 0 Å².